The van der Waals surface area contributed by atoms with Gasteiger partial charge in [-0.05, 0) is 104 Å². The number of nitrogens with one attached hydrogen (secondary N) is 2. The molecule has 8 atom stereocenters. The van der Waals surface area contributed by atoms with E-state index in [1.165, 1.54) is 44.6 Å². The molecule has 2 N–H and O–H groups in total. The summed E-state index contributed by atoms with van der Waals surface area (Å²) in [5.74, 6) is 3.53. The first-order valence-electron chi connectivity index (χ1n) is 13.3. The topological polar surface area (TPSA) is 65.3 Å². The quantitative estimate of drug-likeness (QED) is 0.409. The molecular formula is C28H39ClFN3O. The van der Waals surface area contributed by atoms with Crippen molar-refractivity contribution in [3.63, 3.8) is 0 Å². The first kappa shape index (κ1) is 24.2. The maximum absolute atomic E-state index is 14.2. The second kappa shape index (κ2) is 8.87. The summed E-state index contributed by atoms with van der Waals surface area (Å²) >= 11 is 5.83. The van der Waals surface area contributed by atoms with E-state index in [1.807, 2.05) is 0 Å². The largest absolute Gasteiger partial charge is 0.376 e. The van der Waals surface area contributed by atoms with Crippen molar-refractivity contribution in [2.24, 2.45) is 51.5 Å². The Hall–Kier alpha value is -1.49. The number of fused-ring (bicyclic) bond motifs is 5. The normalized spacial score (nSPS) is 41.2. The summed E-state index contributed by atoms with van der Waals surface area (Å²) in [6.07, 6.45) is 11.4. The molecule has 0 saturated heterocycles. The van der Waals surface area contributed by atoms with Gasteiger partial charge in [0.2, 0.25) is 0 Å². The Morgan fingerprint density at radius 3 is 2.62 bits per heavy atom. The zero-order valence-corrected chi connectivity index (χ0v) is 21.6. The lowest BCUT2D eigenvalue weighted by Gasteiger charge is -2.61. The van der Waals surface area contributed by atoms with Crippen LogP contribution in [-0.4, -0.2) is 12.3 Å². The van der Waals surface area contributed by atoms with Crippen molar-refractivity contribution in [3.8, 4) is 0 Å². The number of rotatable bonds is 5. The van der Waals surface area contributed by atoms with Crippen molar-refractivity contribution in [2.75, 3.05) is 11.9 Å². The Labute approximate surface area is 208 Å². The average molecular weight is 488 g/mol. The minimum Gasteiger partial charge on any atom is -0.376 e. The Bertz CT molecular complexity index is 985. The molecule has 5 rings (SSSR count). The fourth-order valence-corrected chi connectivity index (χ4v) is 9.25. The van der Waals surface area contributed by atoms with E-state index in [1.54, 1.807) is 6.07 Å². The Kier molecular flexibility index (Phi) is 6.32. The van der Waals surface area contributed by atoms with Crippen LogP contribution in [0.2, 0.25) is 5.02 Å². The number of halogens is 2. The molecule has 0 amide bonds. The minimum absolute atomic E-state index is 0.0522. The van der Waals surface area contributed by atoms with Gasteiger partial charge >= 0.3 is 0 Å². The maximum Gasteiger partial charge on any atom is 0.171 e. The third kappa shape index (κ3) is 3.72. The van der Waals surface area contributed by atoms with Gasteiger partial charge in [0.05, 0.1) is 17.3 Å². The van der Waals surface area contributed by atoms with Gasteiger partial charge in [-0.2, -0.15) is 5.11 Å². The van der Waals surface area contributed by atoms with Gasteiger partial charge in [0.25, 0.3) is 0 Å². The number of ketones is 1. The van der Waals surface area contributed by atoms with E-state index in [0.717, 1.165) is 42.9 Å². The number of hydrogen-bond acceptors (Lipinski definition) is 4. The summed E-state index contributed by atoms with van der Waals surface area (Å²) in [5, 5.41) is 6.29. The van der Waals surface area contributed by atoms with Crippen molar-refractivity contribution in [1.29, 1.82) is 5.53 Å². The second-order valence-corrected chi connectivity index (χ2v) is 12.8. The van der Waals surface area contributed by atoms with Crippen LogP contribution in [0.1, 0.15) is 78.6 Å². The number of carbonyl (C=O) groups is 1. The molecule has 3 unspecified atom stereocenters. The van der Waals surface area contributed by atoms with E-state index in [-0.39, 0.29) is 34.4 Å². The third-order valence-corrected chi connectivity index (χ3v) is 11.2. The predicted molar refractivity (Wildman–Crippen MR) is 134 cm³/mol. The smallest absolute Gasteiger partial charge is 0.171 e. The molecular weight excluding hydrogens is 449 g/mol. The van der Waals surface area contributed by atoms with E-state index in [4.69, 9.17) is 17.1 Å². The highest BCUT2D eigenvalue weighted by Gasteiger charge is 2.60. The van der Waals surface area contributed by atoms with Crippen LogP contribution in [0.5, 0.6) is 0 Å². The summed E-state index contributed by atoms with van der Waals surface area (Å²) in [7, 11) is 0. The molecule has 1 aromatic rings. The molecule has 4 nitrogen and oxygen atoms in total. The van der Waals surface area contributed by atoms with Gasteiger partial charge in [0.1, 0.15) is 5.69 Å². The highest BCUT2D eigenvalue weighted by molar-refractivity contribution is 6.31. The van der Waals surface area contributed by atoms with Gasteiger partial charge < -0.3 is 5.32 Å². The first-order chi connectivity index (χ1) is 16.2. The number of nitrogens with zero attached hydrogens (tertiary/aromatic N) is 1. The van der Waals surface area contributed by atoms with Crippen LogP contribution in [0, 0.1) is 57.7 Å². The monoisotopic (exact) mass is 487 g/mol. The molecule has 6 heteroatoms. The molecule has 0 aromatic heterocycles. The molecule has 0 bridgehead atoms. The van der Waals surface area contributed by atoms with E-state index < -0.39 is 5.82 Å². The van der Waals surface area contributed by atoms with Crippen molar-refractivity contribution in [1.82, 2.24) is 0 Å². The van der Waals surface area contributed by atoms with Gasteiger partial charge in [-0.15, -0.1) is 0 Å². The number of anilines is 1. The lowest BCUT2D eigenvalue weighted by Crippen LogP contribution is -2.53. The van der Waals surface area contributed by atoms with Crippen LogP contribution in [0.3, 0.4) is 0 Å². The molecule has 0 spiro atoms. The summed E-state index contributed by atoms with van der Waals surface area (Å²) in [4.78, 5) is 13.5. The fraction of sp³-hybridized carbons (Fsp3) is 0.750. The van der Waals surface area contributed by atoms with Gasteiger partial charge in [-0.1, -0.05) is 38.8 Å². The van der Waals surface area contributed by atoms with Crippen molar-refractivity contribution >= 4 is 28.8 Å². The molecule has 4 aliphatic carbocycles. The lowest BCUT2D eigenvalue weighted by atomic mass is 9.44. The molecule has 186 valence electrons. The molecule has 34 heavy (non-hydrogen) atoms. The second-order valence-electron chi connectivity index (χ2n) is 12.4. The highest BCUT2D eigenvalue weighted by atomic mass is 35.5. The number of benzene rings is 1. The summed E-state index contributed by atoms with van der Waals surface area (Å²) in [6, 6.07) is 3.04. The van der Waals surface area contributed by atoms with Crippen molar-refractivity contribution < 1.29 is 9.18 Å². The maximum atomic E-state index is 14.2. The minimum atomic E-state index is -0.721. The van der Waals surface area contributed by atoms with Crippen LogP contribution in [-0.2, 0) is 4.79 Å². The Balaban J connectivity index is 1.30. The average Bonchev–Trinajstić information content (AvgIpc) is 3.17. The molecule has 1 aromatic carbocycles. The standard InChI is InChI=1S/C28H39ClFN3O/c1-16-10-12-27(2)17(14-16)4-5-18-19-6-7-21(28(19,3)13-11-20(18)27)24(34)15-32-23-9-8-22(29)25(30)26(23)33-31/h8-9,16-21,31-32H,4-7,10-15H2,1-3H3/t16-,17?,18-,19?,20?,21+,27-,28-/m0/s1. The van der Waals surface area contributed by atoms with Crippen LogP contribution in [0.4, 0.5) is 15.8 Å². The Morgan fingerprint density at radius 1 is 1.12 bits per heavy atom. The van der Waals surface area contributed by atoms with Crippen molar-refractivity contribution in [3.05, 3.63) is 23.0 Å². The van der Waals surface area contributed by atoms with Crippen LogP contribution in [0.15, 0.2) is 17.2 Å². The van der Waals surface area contributed by atoms with Gasteiger partial charge in [0, 0.05) is 5.92 Å². The molecule has 0 heterocycles. The summed E-state index contributed by atoms with van der Waals surface area (Å²) < 4.78 is 14.2. The lowest BCUT2D eigenvalue weighted by molar-refractivity contribution is -0.135. The SMILES string of the molecule is C[C@H]1CC[C@@]2(C)C(CC[C@@H]3C2CC[C@@]2(C)C3CC[C@@H]2C(=O)CNc2ccc(Cl)c(F)c2N=N)C1. The van der Waals surface area contributed by atoms with E-state index in [0.29, 0.717) is 17.0 Å². The van der Waals surface area contributed by atoms with Gasteiger partial charge in [-0.3, -0.25) is 4.79 Å². The summed E-state index contributed by atoms with van der Waals surface area (Å²) in [5.41, 5.74) is 8.09. The van der Waals surface area contributed by atoms with Crippen LogP contribution < -0.4 is 5.32 Å². The fourth-order valence-electron chi connectivity index (χ4n) is 9.10. The number of carbonyl (C=O) groups excluding carboxylic acids is 1. The molecule has 0 aliphatic heterocycles. The van der Waals surface area contributed by atoms with E-state index in [9.17, 15) is 9.18 Å². The van der Waals surface area contributed by atoms with Gasteiger partial charge in [0.15, 0.2) is 11.6 Å². The number of hydrogen-bond donors (Lipinski definition) is 2. The molecule has 4 fully saturated rings. The molecule has 0 radical (unpaired) electrons. The molecule has 4 saturated carbocycles. The zero-order chi connectivity index (χ0) is 24.3. The third-order valence-electron chi connectivity index (χ3n) is 11.0. The number of Topliss-reactive ketones (excluding diaryl/α,β-unsaturated/α-hetero) is 1. The van der Waals surface area contributed by atoms with Crippen LogP contribution in [0.25, 0.3) is 0 Å². The first-order valence-corrected chi connectivity index (χ1v) is 13.7. The Morgan fingerprint density at radius 2 is 1.85 bits per heavy atom. The van der Waals surface area contributed by atoms with E-state index in [2.05, 4.69) is 31.2 Å². The van der Waals surface area contributed by atoms with Gasteiger partial charge in [-0.25, -0.2) is 9.92 Å². The molecule has 4 aliphatic rings. The highest BCUT2D eigenvalue weighted by Crippen LogP contribution is 2.67. The zero-order valence-electron chi connectivity index (χ0n) is 20.8. The summed E-state index contributed by atoms with van der Waals surface area (Å²) in [6.45, 7) is 7.56. The van der Waals surface area contributed by atoms with Crippen LogP contribution >= 0.6 is 11.6 Å². The van der Waals surface area contributed by atoms with E-state index >= 15 is 0 Å². The van der Waals surface area contributed by atoms with Crippen molar-refractivity contribution in [2.45, 2.75) is 78.6 Å². The predicted octanol–water partition coefficient (Wildman–Crippen LogP) is 8.42.